The average molecular weight is 254 g/mol. The molecule has 0 radical (unpaired) electrons. The van der Waals surface area contributed by atoms with Gasteiger partial charge in [0.1, 0.15) is 5.60 Å². The van der Waals surface area contributed by atoms with Crippen LogP contribution in [-0.2, 0) is 5.60 Å². The summed E-state index contributed by atoms with van der Waals surface area (Å²) in [6, 6.07) is 7.58. The van der Waals surface area contributed by atoms with Gasteiger partial charge in [0.2, 0.25) is 0 Å². The average Bonchev–Trinajstić information content (AvgIpc) is 3.14. The Bertz CT molecular complexity index is 361. The predicted molar refractivity (Wildman–Crippen MR) is 71.2 cm³/mol. The quantitative estimate of drug-likeness (QED) is 0.764. The van der Waals surface area contributed by atoms with E-state index < -0.39 is 5.60 Å². The summed E-state index contributed by atoms with van der Waals surface area (Å²) < 4.78 is 0. The van der Waals surface area contributed by atoms with Gasteiger partial charge < -0.3 is 10.4 Å². The molecule has 1 unspecified atom stereocenters. The molecular formula is C14H20ClNO. The molecule has 0 heterocycles. The first-order valence-corrected chi connectivity index (χ1v) is 6.73. The smallest absolute Gasteiger partial charge is 0.105 e. The van der Waals surface area contributed by atoms with Gasteiger partial charge in [0, 0.05) is 11.6 Å². The zero-order chi connectivity index (χ0) is 12.3. The van der Waals surface area contributed by atoms with E-state index in [-0.39, 0.29) is 0 Å². The Labute approximate surface area is 108 Å². The molecule has 94 valence electrons. The Hall–Kier alpha value is -0.570. The molecule has 0 amide bonds. The van der Waals surface area contributed by atoms with Gasteiger partial charge in [0.15, 0.2) is 0 Å². The first kappa shape index (κ1) is 12.9. The van der Waals surface area contributed by atoms with Crippen LogP contribution in [0.1, 0.15) is 31.7 Å². The van der Waals surface area contributed by atoms with Crippen molar-refractivity contribution in [3.8, 4) is 0 Å². The van der Waals surface area contributed by atoms with E-state index in [1.54, 1.807) is 0 Å². The highest BCUT2D eigenvalue weighted by molar-refractivity contribution is 6.30. The highest BCUT2D eigenvalue weighted by Crippen LogP contribution is 2.45. The summed E-state index contributed by atoms with van der Waals surface area (Å²) in [6.07, 6.45) is 3.32. The minimum atomic E-state index is -0.722. The van der Waals surface area contributed by atoms with E-state index in [2.05, 4.69) is 12.2 Å². The Morgan fingerprint density at radius 1 is 1.35 bits per heavy atom. The van der Waals surface area contributed by atoms with Gasteiger partial charge in [-0.15, -0.1) is 0 Å². The lowest BCUT2D eigenvalue weighted by Crippen LogP contribution is -2.40. The predicted octanol–water partition coefficient (Wildman–Crippen LogP) is 2.94. The summed E-state index contributed by atoms with van der Waals surface area (Å²) in [7, 11) is 0. The maximum Gasteiger partial charge on any atom is 0.105 e. The van der Waals surface area contributed by atoms with Gasteiger partial charge in [0.05, 0.1) is 0 Å². The van der Waals surface area contributed by atoms with Crippen molar-refractivity contribution in [3.05, 3.63) is 34.9 Å². The first-order valence-electron chi connectivity index (χ1n) is 6.36. The molecule has 2 rings (SSSR count). The van der Waals surface area contributed by atoms with Crippen molar-refractivity contribution in [2.75, 3.05) is 13.1 Å². The highest BCUT2D eigenvalue weighted by Gasteiger charge is 2.44. The third-order valence-corrected chi connectivity index (χ3v) is 3.67. The second-order valence-corrected chi connectivity index (χ2v) is 5.32. The second-order valence-electron chi connectivity index (χ2n) is 4.88. The lowest BCUT2D eigenvalue weighted by Gasteiger charge is -2.29. The van der Waals surface area contributed by atoms with Crippen molar-refractivity contribution in [1.29, 1.82) is 0 Å². The fraction of sp³-hybridized carbons (Fsp3) is 0.571. The van der Waals surface area contributed by atoms with Crippen LogP contribution >= 0.6 is 11.6 Å². The molecule has 3 heteroatoms. The molecule has 2 N–H and O–H groups in total. The highest BCUT2D eigenvalue weighted by atomic mass is 35.5. The molecule has 0 aromatic heterocycles. The molecule has 1 saturated carbocycles. The van der Waals surface area contributed by atoms with Gasteiger partial charge in [-0.1, -0.05) is 30.7 Å². The van der Waals surface area contributed by atoms with E-state index in [0.717, 1.165) is 31.4 Å². The molecule has 1 fully saturated rings. The minimum absolute atomic E-state index is 0.396. The van der Waals surface area contributed by atoms with Crippen molar-refractivity contribution < 1.29 is 5.11 Å². The van der Waals surface area contributed by atoms with E-state index in [0.29, 0.717) is 17.5 Å². The third-order valence-electron chi connectivity index (χ3n) is 3.42. The van der Waals surface area contributed by atoms with Crippen LogP contribution in [-0.4, -0.2) is 18.2 Å². The number of rotatable bonds is 6. The molecule has 1 atom stereocenters. The largest absolute Gasteiger partial charge is 0.384 e. The van der Waals surface area contributed by atoms with Crippen LogP contribution in [0.25, 0.3) is 0 Å². The SMILES string of the molecule is CCCNCC(O)(c1ccc(Cl)cc1)C1CC1. The molecule has 17 heavy (non-hydrogen) atoms. The van der Waals surface area contributed by atoms with Crippen molar-refractivity contribution >= 4 is 11.6 Å². The number of aliphatic hydroxyl groups is 1. The summed E-state index contributed by atoms with van der Waals surface area (Å²) in [5.41, 5.74) is 0.257. The van der Waals surface area contributed by atoms with Crippen LogP contribution in [0.3, 0.4) is 0 Å². The van der Waals surface area contributed by atoms with Crippen molar-refractivity contribution in [2.24, 2.45) is 5.92 Å². The second kappa shape index (κ2) is 5.38. The fourth-order valence-electron chi connectivity index (χ4n) is 2.24. The third kappa shape index (κ3) is 3.01. The van der Waals surface area contributed by atoms with Crippen LogP contribution in [0.4, 0.5) is 0 Å². The van der Waals surface area contributed by atoms with Crippen LogP contribution in [0.2, 0.25) is 5.02 Å². The van der Waals surface area contributed by atoms with Gasteiger partial charge in [-0.3, -0.25) is 0 Å². The maximum atomic E-state index is 10.8. The van der Waals surface area contributed by atoms with E-state index in [1.165, 1.54) is 0 Å². The first-order chi connectivity index (χ1) is 8.16. The van der Waals surface area contributed by atoms with E-state index in [4.69, 9.17) is 11.6 Å². The van der Waals surface area contributed by atoms with Gasteiger partial charge >= 0.3 is 0 Å². The molecule has 1 aliphatic carbocycles. The van der Waals surface area contributed by atoms with Crippen LogP contribution in [0, 0.1) is 5.92 Å². The van der Waals surface area contributed by atoms with Crippen molar-refractivity contribution in [1.82, 2.24) is 5.32 Å². The standard InChI is InChI=1S/C14H20ClNO/c1-2-9-16-10-14(17,11-3-4-11)12-5-7-13(15)8-6-12/h5-8,11,16-17H,2-4,9-10H2,1H3. The minimum Gasteiger partial charge on any atom is -0.384 e. The van der Waals surface area contributed by atoms with E-state index in [9.17, 15) is 5.11 Å². The number of halogens is 1. The number of hydrogen-bond donors (Lipinski definition) is 2. The maximum absolute atomic E-state index is 10.8. The zero-order valence-corrected chi connectivity index (χ0v) is 11.0. The van der Waals surface area contributed by atoms with Crippen molar-refractivity contribution in [3.63, 3.8) is 0 Å². The van der Waals surface area contributed by atoms with Crippen LogP contribution in [0.5, 0.6) is 0 Å². The fourth-order valence-corrected chi connectivity index (χ4v) is 2.36. The van der Waals surface area contributed by atoms with Gasteiger partial charge in [0.25, 0.3) is 0 Å². The van der Waals surface area contributed by atoms with Crippen molar-refractivity contribution in [2.45, 2.75) is 31.8 Å². The molecule has 1 aromatic rings. The van der Waals surface area contributed by atoms with Crippen LogP contribution < -0.4 is 5.32 Å². The Kier molecular flexibility index (Phi) is 4.08. The number of benzene rings is 1. The molecule has 2 nitrogen and oxygen atoms in total. The normalized spacial score (nSPS) is 19.0. The molecular weight excluding hydrogens is 234 g/mol. The molecule has 0 saturated heterocycles. The number of nitrogens with one attached hydrogen (secondary N) is 1. The van der Waals surface area contributed by atoms with Gasteiger partial charge in [-0.2, -0.15) is 0 Å². The summed E-state index contributed by atoms with van der Waals surface area (Å²) >= 11 is 5.89. The summed E-state index contributed by atoms with van der Waals surface area (Å²) in [5, 5.41) is 14.9. The van der Waals surface area contributed by atoms with E-state index in [1.807, 2.05) is 24.3 Å². The van der Waals surface area contributed by atoms with Gasteiger partial charge in [-0.25, -0.2) is 0 Å². The topological polar surface area (TPSA) is 32.3 Å². The zero-order valence-electron chi connectivity index (χ0n) is 10.2. The van der Waals surface area contributed by atoms with E-state index >= 15 is 0 Å². The molecule has 0 aliphatic heterocycles. The lowest BCUT2D eigenvalue weighted by molar-refractivity contribution is 0.0137. The monoisotopic (exact) mass is 253 g/mol. The summed E-state index contributed by atoms with van der Waals surface area (Å²) in [4.78, 5) is 0. The Morgan fingerprint density at radius 3 is 2.53 bits per heavy atom. The molecule has 0 bridgehead atoms. The Morgan fingerprint density at radius 2 is 2.00 bits per heavy atom. The van der Waals surface area contributed by atoms with Crippen LogP contribution in [0.15, 0.2) is 24.3 Å². The van der Waals surface area contributed by atoms with Gasteiger partial charge in [-0.05, 0) is 49.4 Å². The number of hydrogen-bond acceptors (Lipinski definition) is 2. The molecule has 0 spiro atoms. The Balaban J connectivity index is 2.12. The lowest BCUT2D eigenvalue weighted by atomic mass is 9.88. The molecule has 1 aromatic carbocycles. The molecule has 1 aliphatic rings. The summed E-state index contributed by atoms with van der Waals surface area (Å²) in [5.74, 6) is 0.396. The summed E-state index contributed by atoms with van der Waals surface area (Å²) in [6.45, 7) is 3.71.